The molecule has 0 bridgehead atoms. The first-order valence-electron chi connectivity index (χ1n) is 18.4. The van der Waals surface area contributed by atoms with Gasteiger partial charge in [-0.05, 0) is 151 Å². The van der Waals surface area contributed by atoms with Crippen LogP contribution in [0.5, 0.6) is 0 Å². The van der Waals surface area contributed by atoms with Crippen LogP contribution in [0.2, 0.25) is 0 Å². The lowest BCUT2D eigenvalue weighted by Gasteiger charge is -2.60. The molecule has 3 rings (SSSR count). The Morgan fingerprint density at radius 2 is 1.53 bits per heavy atom. The molecule has 7 nitrogen and oxygen atoms in total. The van der Waals surface area contributed by atoms with Gasteiger partial charge in [-0.2, -0.15) is 0 Å². The third kappa shape index (κ3) is 9.39. The van der Waals surface area contributed by atoms with Crippen LogP contribution in [0.15, 0.2) is 0 Å². The quantitative estimate of drug-likeness (QED) is 0.123. The van der Waals surface area contributed by atoms with E-state index in [1.54, 1.807) is 0 Å². The van der Waals surface area contributed by atoms with Crippen LogP contribution < -0.4 is 22.5 Å². The lowest BCUT2D eigenvalue weighted by atomic mass is 9.47. The smallest absolute Gasteiger partial charge is 0.0637 e. The molecule has 3 aliphatic carbocycles. The zero-order valence-corrected chi connectivity index (χ0v) is 28.9. The van der Waals surface area contributed by atoms with Crippen molar-refractivity contribution in [1.29, 1.82) is 0 Å². The van der Waals surface area contributed by atoms with Crippen LogP contribution in [0.1, 0.15) is 112 Å². The van der Waals surface area contributed by atoms with Crippen LogP contribution in [-0.2, 0) is 14.2 Å². The zero-order chi connectivity index (χ0) is 31.3. The summed E-state index contributed by atoms with van der Waals surface area (Å²) >= 11 is 0. The first kappa shape index (κ1) is 37.2. The first-order valence-corrected chi connectivity index (χ1v) is 18.4. The van der Waals surface area contributed by atoms with Crippen molar-refractivity contribution in [2.75, 3.05) is 59.2 Å². The summed E-state index contributed by atoms with van der Waals surface area (Å²) in [7, 11) is 0. The molecule has 0 aromatic rings. The number of rotatable bonds is 21. The van der Waals surface area contributed by atoms with E-state index in [1.807, 2.05) is 0 Å². The summed E-state index contributed by atoms with van der Waals surface area (Å²) in [4.78, 5) is 0. The van der Waals surface area contributed by atoms with Crippen molar-refractivity contribution < 1.29 is 14.2 Å². The second-order valence-corrected chi connectivity index (χ2v) is 15.1. The molecule has 0 spiro atoms. The summed E-state index contributed by atoms with van der Waals surface area (Å²) in [6, 6.07) is 0. The fourth-order valence-electron chi connectivity index (χ4n) is 9.79. The van der Waals surface area contributed by atoms with E-state index in [0.717, 1.165) is 78.0 Å². The highest BCUT2D eigenvalue weighted by atomic mass is 16.5. The van der Waals surface area contributed by atoms with E-state index in [4.69, 9.17) is 31.4 Å². The summed E-state index contributed by atoms with van der Waals surface area (Å²) in [6.45, 7) is 20.0. The maximum Gasteiger partial charge on any atom is 0.0637 e. The number of hydrogen-bond acceptors (Lipinski definition) is 7. The number of nitrogens with two attached hydrogens (primary N) is 3. The Kier molecular flexibility index (Phi) is 16.2. The van der Waals surface area contributed by atoms with E-state index in [-0.39, 0.29) is 16.9 Å². The van der Waals surface area contributed by atoms with E-state index < -0.39 is 0 Å². The molecule has 43 heavy (non-hydrogen) atoms. The van der Waals surface area contributed by atoms with Gasteiger partial charge in [0.2, 0.25) is 0 Å². The molecule has 254 valence electrons. The van der Waals surface area contributed by atoms with Crippen LogP contribution >= 0.6 is 0 Å². The van der Waals surface area contributed by atoms with Gasteiger partial charge in [0.15, 0.2) is 0 Å². The van der Waals surface area contributed by atoms with Gasteiger partial charge in [0.25, 0.3) is 0 Å². The van der Waals surface area contributed by atoms with E-state index >= 15 is 0 Å². The topological polar surface area (TPSA) is 118 Å². The molecule has 0 saturated heterocycles. The Morgan fingerprint density at radius 1 is 0.837 bits per heavy atom. The van der Waals surface area contributed by atoms with Crippen molar-refractivity contribution >= 4 is 0 Å². The van der Waals surface area contributed by atoms with Crippen molar-refractivity contribution in [3.8, 4) is 0 Å². The second-order valence-electron chi connectivity index (χ2n) is 15.1. The molecule has 0 aromatic carbocycles. The monoisotopic (exact) mass is 609 g/mol. The van der Waals surface area contributed by atoms with Gasteiger partial charge >= 0.3 is 0 Å². The lowest BCUT2D eigenvalue weighted by Crippen LogP contribution is -2.58. The van der Waals surface area contributed by atoms with Crippen molar-refractivity contribution in [2.24, 2.45) is 63.5 Å². The number of hydrogen-bond donors (Lipinski definition) is 4. The van der Waals surface area contributed by atoms with Crippen LogP contribution in [0.3, 0.4) is 0 Å². The largest absolute Gasteiger partial charge is 0.381 e. The fourth-order valence-corrected chi connectivity index (χ4v) is 9.79. The average Bonchev–Trinajstić information content (AvgIpc) is 3.36. The highest BCUT2D eigenvalue weighted by Crippen LogP contribution is 2.66. The molecule has 3 saturated carbocycles. The second kappa shape index (κ2) is 18.8. The van der Waals surface area contributed by atoms with E-state index in [1.165, 1.54) is 38.5 Å². The van der Waals surface area contributed by atoms with Crippen LogP contribution in [0, 0.1) is 46.3 Å². The SMILES string of the molecule is CCCNCCC[C@@H](C)[C@H]1CC[C@H]2C(COCCCN)[C@@H](C3(C)CC[C@@H](OCCCN)CC3C)C[C@H](OCCCN)C12C. The molecule has 0 amide bonds. The molecule has 3 aliphatic rings. The van der Waals surface area contributed by atoms with Crippen LogP contribution in [-0.4, -0.2) is 71.4 Å². The number of nitrogens with one attached hydrogen (secondary N) is 1. The normalized spacial score (nSPS) is 37.0. The molecule has 7 N–H and O–H groups in total. The Labute approximate surface area is 265 Å². The first-order chi connectivity index (χ1) is 20.8. The van der Waals surface area contributed by atoms with Gasteiger partial charge in [-0.25, -0.2) is 0 Å². The van der Waals surface area contributed by atoms with Gasteiger partial charge < -0.3 is 36.7 Å². The molecule has 3 fully saturated rings. The summed E-state index contributed by atoms with van der Waals surface area (Å²) in [5, 5.41) is 3.62. The van der Waals surface area contributed by atoms with Gasteiger partial charge in [0, 0.05) is 31.8 Å². The molecule has 7 heteroatoms. The molecule has 0 aromatic heterocycles. The molecular formula is C36H72N4O3. The van der Waals surface area contributed by atoms with Gasteiger partial charge in [-0.3, -0.25) is 0 Å². The molecular weight excluding hydrogens is 536 g/mol. The summed E-state index contributed by atoms with van der Waals surface area (Å²) in [5.41, 5.74) is 18.0. The van der Waals surface area contributed by atoms with E-state index in [2.05, 4.69) is 39.9 Å². The predicted molar refractivity (Wildman–Crippen MR) is 180 cm³/mol. The minimum atomic E-state index is 0.172. The van der Waals surface area contributed by atoms with Crippen molar-refractivity contribution in [3.63, 3.8) is 0 Å². The van der Waals surface area contributed by atoms with Crippen LogP contribution in [0.4, 0.5) is 0 Å². The Bertz CT molecular complexity index is 758. The summed E-state index contributed by atoms with van der Waals surface area (Å²) in [5.74, 6) is 3.75. The number of fused-ring (bicyclic) bond motifs is 1. The fraction of sp³-hybridized carbons (Fsp3) is 1.00. The molecule has 0 aliphatic heterocycles. The minimum absolute atomic E-state index is 0.172. The van der Waals surface area contributed by atoms with Crippen molar-refractivity contribution in [2.45, 2.75) is 124 Å². The molecule has 0 radical (unpaired) electrons. The van der Waals surface area contributed by atoms with Crippen molar-refractivity contribution in [3.05, 3.63) is 0 Å². The summed E-state index contributed by atoms with van der Waals surface area (Å²) < 4.78 is 19.8. The summed E-state index contributed by atoms with van der Waals surface area (Å²) in [6.07, 6.45) is 14.5. The highest BCUT2D eigenvalue weighted by molar-refractivity contribution is 5.11. The van der Waals surface area contributed by atoms with Gasteiger partial charge in [0.05, 0.1) is 12.2 Å². The Morgan fingerprint density at radius 3 is 2.21 bits per heavy atom. The van der Waals surface area contributed by atoms with E-state index in [9.17, 15) is 0 Å². The Hall–Kier alpha value is -0.280. The molecule has 4 unspecified atom stereocenters. The van der Waals surface area contributed by atoms with Gasteiger partial charge in [-0.15, -0.1) is 0 Å². The minimum Gasteiger partial charge on any atom is -0.381 e. The standard InChI is InChI=1S/C36H72N4O3/c1-6-19-40-20-7-11-27(2)31-12-13-32-30(26-41-21-8-16-37)33(25-34(36(31,32)5)43-23-10-18-39)35(4)15-14-29(24-28(35)3)42-22-9-17-38/h27-34,40H,6-26,37-39H2,1-5H3/t27-,28?,29-,30?,31-,32+,33+,34+,35?,36?/m1/s1. The maximum atomic E-state index is 6.97. The maximum absolute atomic E-state index is 6.97. The third-order valence-electron chi connectivity index (χ3n) is 12.5. The highest BCUT2D eigenvalue weighted by Gasteiger charge is 2.62. The third-order valence-corrected chi connectivity index (χ3v) is 12.5. The van der Waals surface area contributed by atoms with Gasteiger partial charge in [-0.1, -0.05) is 34.6 Å². The van der Waals surface area contributed by atoms with Gasteiger partial charge in [0.1, 0.15) is 0 Å². The van der Waals surface area contributed by atoms with E-state index in [0.29, 0.717) is 61.2 Å². The Balaban J connectivity index is 1.86. The number of ether oxygens (including phenoxy) is 3. The molecule has 0 heterocycles. The van der Waals surface area contributed by atoms with Crippen LogP contribution in [0.25, 0.3) is 0 Å². The molecule has 10 atom stereocenters. The average molecular weight is 609 g/mol. The van der Waals surface area contributed by atoms with Crippen molar-refractivity contribution in [1.82, 2.24) is 5.32 Å². The lowest BCUT2D eigenvalue weighted by molar-refractivity contribution is -0.183. The predicted octanol–water partition coefficient (Wildman–Crippen LogP) is 5.73. The zero-order valence-electron chi connectivity index (χ0n) is 28.9.